The maximum atomic E-state index is 12.4. The first kappa shape index (κ1) is 17.8. The van der Waals surface area contributed by atoms with Crippen molar-refractivity contribution in [3.63, 3.8) is 0 Å². The fraction of sp³-hybridized carbons (Fsp3) is 0.100. The number of aromatic nitrogens is 1. The van der Waals surface area contributed by atoms with Crippen LogP contribution in [0.5, 0.6) is 5.75 Å². The number of thioether (sulfide) groups is 1. The first-order valence-corrected chi connectivity index (χ1v) is 9.12. The van der Waals surface area contributed by atoms with Gasteiger partial charge in [-0.05, 0) is 18.4 Å². The van der Waals surface area contributed by atoms with Crippen LogP contribution in [0.25, 0.3) is 11.3 Å². The molecule has 0 bridgehead atoms. The number of nitrogens with zero attached hydrogens (tertiary/aromatic N) is 1. The number of carbonyl (C=O) groups is 1. The number of rotatable bonds is 7. The van der Waals surface area contributed by atoms with Gasteiger partial charge >= 0.3 is 0 Å². The minimum Gasteiger partial charge on any atom is -0.496 e. The third-order valence-electron chi connectivity index (χ3n) is 3.71. The van der Waals surface area contributed by atoms with Crippen molar-refractivity contribution in [3.8, 4) is 17.1 Å². The van der Waals surface area contributed by atoms with E-state index in [0.717, 1.165) is 16.3 Å². The van der Waals surface area contributed by atoms with Gasteiger partial charge in [-0.25, -0.2) is 4.98 Å². The molecule has 0 amide bonds. The SMILES string of the molecule is COc1cc(NC(=CC(=O)c2ccccc2)SC)ccc1-c1cnco1. The number of ketones is 1. The first-order valence-electron chi connectivity index (χ1n) is 7.90. The van der Waals surface area contributed by atoms with E-state index in [1.807, 2.05) is 42.7 Å². The molecule has 3 aromatic rings. The van der Waals surface area contributed by atoms with E-state index in [2.05, 4.69) is 10.3 Å². The highest BCUT2D eigenvalue weighted by Gasteiger charge is 2.11. The zero-order valence-electron chi connectivity index (χ0n) is 14.4. The Morgan fingerprint density at radius 1 is 1.23 bits per heavy atom. The molecule has 0 atom stereocenters. The Labute approximate surface area is 156 Å². The molecule has 132 valence electrons. The van der Waals surface area contributed by atoms with Gasteiger partial charge in [-0.3, -0.25) is 4.79 Å². The van der Waals surface area contributed by atoms with Gasteiger partial charge in [0, 0.05) is 23.4 Å². The highest BCUT2D eigenvalue weighted by Crippen LogP contribution is 2.33. The number of nitrogens with one attached hydrogen (secondary N) is 1. The zero-order valence-corrected chi connectivity index (χ0v) is 15.2. The van der Waals surface area contributed by atoms with Gasteiger partial charge in [0.05, 0.1) is 23.9 Å². The van der Waals surface area contributed by atoms with Crippen LogP contribution in [0.15, 0.2) is 76.6 Å². The summed E-state index contributed by atoms with van der Waals surface area (Å²) in [4.78, 5) is 16.3. The predicted molar refractivity (Wildman–Crippen MR) is 104 cm³/mol. The number of ether oxygens (including phenoxy) is 1. The van der Waals surface area contributed by atoms with Crippen molar-refractivity contribution in [3.05, 3.63) is 77.8 Å². The van der Waals surface area contributed by atoms with E-state index in [0.29, 0.717) is 17.1 Å². The number of methoxy groups -OCH3 is 1. The normalized spacial score (nSPS) is 11.2. The summed E-state index contributed by atoms with van der Waals surface area (Å²) in [5.41, 5.74) is 2.27. The molecule has 0 radical (unpaired) electrons. The van der Waals surface area contributed by atoms with E-state index in [4.69, 9.17) is 9.15 Å². The van der Waals surface area contributed by atoms with E-state index in [1.165, 1.54) is 18.2 Å². The molecule has 0 unspecified atom stereocenters. The molecule has 0 aliphatic heterocycles. The lowest BCUT2D eigenvalue weighted by molar-refractivity contribution is 0.104. The summed E-state index contributed by atoms with van der Waals surface area (Å²) in [6.45, 7) is 0. The number of hydrogen-bond acceptors (Lipinski definition) is 6. The van der Waals surface area contributed by atoms with Crippen molar-refractivity contribution in [1.82, 2.24) is 4.98 Å². The molecule has 26 heavy (non-hydrogen) atoms. The maximum absolute atomic E-state index is 12.4. The van der Waals surface area contributed by atoms with Crippen LogP contribution < -0.4 is 10.1 Å². The average Bonchev–Trinajstić information content (AvgIpc) is 3.22. The Kier molecular flexibility index (Phi) is 5.76. The van der Waals surface area contributed by atoms with Gasteiger partial charge in [-0.2, -0.15) is 0 Å². The van der Waals surface area contributed by atoms with Crippen LogP contribution in [0.1, 0.15) is 10.4 Å². The Morgan fingerprint density at radius 3 is 2.69 bits per heavy atom. The van der Waals surface area contributed by atoms with E-state index in [-0.39, 0.29) is 5.78 Å². The van der Waals surface area contributed by atoms with Crippen molar-refractivity contribution >= 4 is 23.2 Å². The van der Waals surface area contributed by atoms with Crippen LogP contribution in [0, 0.1) is 0 Å². The van der Waals surface area contributed by atoms with Gasteiger partial charge in [0.15, 0.2) is 17.9 Å². The minimum atomic E-state index is -0.0484. The summed E-state index contributed by atoms with van der Waals surface area (Å²) < 4.78 is 10.8. The summed E-state index contributed by atoms with van der Waals surface area (Å²) in [5.74, 6) is 1.24. The molecule has 5 nitrogen and oxygen atoms in total. The molecule has 6 heteroatoms. The van der Waals surface area contributed by atoms with E-state index < -0.39 is 0 Å². The van der Waals surface area contributed by atoms with Crippen LogP contribution in [0.3, 0.4) is 0 Å². The van der Waals surface area contributed by atoms with Crippen LogP contribution in [-0.4, -0.2) is 24.1 Å². The third kappa shape index (κ3) is 4.15. The first-order chi connectivity index (χ1) is 12.7. The van der Waals surface area contributed by atoms with E-state index in [1.54, 1.807) is 31.5 Å². The number of anilines is 1. The molecule has 0 aliphatic carbocycles. The summed E-state index contributed by atoms with van der Waals surface area (Å²) >= 11 is 1.46. The van der Waals surface area contributed by atoms with Crippen molar-refractivity contribution in [2.24, 2.45) is 0 Å². The quantitative estimate of drug-likeness (QED) is 0.476. The number of carbonyl (C=O) groups excluding carboxylic acids is 1. The topological polar surface area (TPSA) is 64.4 Å². The molecule has 1 N–H and O–H groups in total. The molecular weight excluding hydrogens is 348 g/mol. The van der Waals surface area contributed by atoms with Crippen LogP contribution in [-0.2, 0) is 0 Å². The van der Waals surface area contributed by atoms with E-state index >= 15 is 0 Å². The van der Waals surface area contributed by atoms with Gasteiger partial charge in [0.1, 0.15) is 5.75 Å². The fourth-order valence-electron chi connectivity index (χ4n) is 2.41. The van der Waals surface area contributed by atoms with E-state index in [9.17, 15) is 4.79 Å². The lowest BCUT2D eigenvalue weighted by atomic mass is 10.1. The Hall–Kier alpha value is -2.99. The standard InChI is InChI=1S/C20H18N2O3S/c1-24-18-10-15(8-9-16(18)19-12-21-13-25-19)22-20(26-2)11-17(23)14-6-4-3-5-7-14/h3-13,22H,1-2H3. The monoisotopic (exact) mass is 366 g/mol. The van der Waals surface area contributed by atoms with Gasteiger partial charge in [-0.1, -0.05) is 30.3 Å². The molecule has 1 heterocycles. The Balaban J connectivity index is 1.82. The van der Waals surface area contributed by atoms with Crippen molar-refractivity contribution in [2.75, 3.05) is 18.7 Å². The highest BCUT2D eigenvalue weighted by molar-refractivity contribution is 8.02. The Morgan fingerprint density at radius 2 is 2.04 bits per heavy atom. The van der Waals surface area contributed by atoms with Crippen molar-refractivity contribution in [2.45, 2.75) is 0 Å². The summed E-state index contributed by atoms with van der Waals surface area (Å²) in [6, 6.07) is 14.8. The van der Waals surface area contributed by atoms with Crippen LogP contribution in [0.4, 0.5) is 5.69 Å². The maximum Gasteiger partial charge on any atom is 0.188 e. The summed E-state index contributed by atoms with van der Waals surface area (Å²) in [7, 11) is 1.60. The number of oxazole rings is 1. The molecule has 3 rings (SSSR count). The molecular formula is C20H18N2O3S. The highest BCUT2D eigenvalue weighted by atomic mass is 32.2. The Bertz CT molecular complexity index is 906. The lowest BCUT2D eigenvalue weighted by Gasteiger charge is -2.12. The van der Waals surface area contributed by atoms with Gasteiger partial charge in [0.2, 0.25) is 0 Å². The summed E-state index contributed by atoms with van der Waals surface area (Å²) in [5, 5.41) is 4.00. The third-order valence-corrected chi connectivity index (χ3v) is 4.37. The molecule has 0 spiro atoms. The molecule has 1 aromatic heterocycles. The second-order valence-corrected chi connectivity index (χ2v) is 6.20. The largest absolute Gasteiger partial charge is 0.496 e. The molecule has 0 fully saturated rings. The minimum absolute atomic E-state index is 0.0484. The summed E-state index contributed by atoms with van der Waals surface area (Å²) in [6.07, 6.45) is 6.52. The van der Waals surface area contributed by atoms with Crippen molar-refractivity contribution < 1.29 is 13.9 Å². The molecule has 0 saturated heterocycles. The smallest absolute Gasteiger partial charge is 0.188 e. The average molecular weight is 366 g/mol. The lowest BCUT2D eigenvalue weighted by Crippen LogP contribution is -2.02. The van der Waals surface area contributed by atoms with Gasteiger partial charge in [-0.15, -0.1) is 11.8 Å². The molecule has 2 aromatic carbocycles. The van der Waals surface area contributed by atoms with Crippen LogP contribution in [0.2, 0.25) is 0 Å². The van der Waals surface area contributed by atoms with Crippen LogP contribution >= 0.6 is 11.8 Å². The second kappa shape index (κ2) is 8.40. The van der Waals surface area contributed by atoms with Gasteiger partial charge < -0.3 is 14.5 Å². The number of benzene rings is 2. The zero-order chi connectivity index (χ0) is 18.4. The molecule has 0 saturated carbocycles. The predicted octanol–water partition coefficient (Wildman–Crippen LogP) is 4.85. The molecule has 0 aliphatic rings. The van der Waals surface area contributed by atoms with Crippen molar-refractivity contribution in [1.29, 1.82) is 0 Å². The second-order valence-electron chi connectivity index (χ2n) is 5.35. The fourth-order valence-corrected chi connectivity index (χ4v) is 2.86. The van der Waals surface area contributed by atoms with Gasteiger partial charge in [0.25, 0.3) is 0 Å². The number of allylic oxidation sites excluding steroid dienone is 1. The number of hydrogen-bond donors (Lipinski definition) is 1.